The van der Waals surface area contributed by atoms with E-state index < -0.39 is 29.0 Å². The Balaban J connectivity index is 2.05. The quantitative estimate of drug-likeness (QED) is 0.804. The number of amides is 1. The van der Waals surface area contributed by atoms with Crippen LogP contribution in [0.4, 0.5) is 13.2 Å². The third-order valence-corrected chi connectivity index (χ3v) is 3.64. The molecule has 142 valence electrons. The number of rotatable bonds is 5. The second kappa shape index (κ2) is 7.18. The van der Waals surface area contributed by atoms with Crippen LogP contribution in [0.15, 0.2) is 21.9 Å². The van der Waals surface area contributed by atoms with Gasteiger partial charge in [0.1, 0.15) is 11.3 Å². The Morgan fingerprint density at radius 2 is 2.04 bits per heavy atom. The molecule has 2 N–H and O–H groups in total. The molecule has 0 radical (unpaired) electrons. The summed E-state index contributed by atoms with van der Waals surface area (Å²) < 4.78 is 40.8. The number of nitrogens with zero attached hydrogens (tertiary/aromatic N) is 3. The van der Waals surface area contributed by atoms with Crippen LogP contribution in [0.3, 0.4) is 0 Å². The fourth-order valence-corrected chi connectivity index (χ4v) is 2.36. The maximum atomic E-state index is 13.0. The van der Waals surface area contributed by atoms with Gasteiger partial charge in [-0.25, -0.2) is 4.79 Å². The molecule has 2 heterocycles. The first-order valence-electron chi connectivity index (χ1n) is 7.69. The number of alkyl halides is 3. The summed E-state index contributed by atoms with van der Waals surface area (Å²) in [5, 5.41) is 6.30. The van der Waals surface area contributed by atoms with E-state index >= 15 is 0 Å². The Morgan fingerprint density at radius 1 is 1.38 bits per heavy atom. The molecule has 2 rings (SSSR count). The third kappa shape index (κ3) is 4.41. The van der Waals surface area contributed by atoms with Gasteiger partial charge in [0.05, 0.1) is 5.69 Å². The molecule has 1 atom stereocenters. The number of halogens is 3. The summed E-state index contributed by atoms with van der Waals surface area (Å²) in [4.78, 5) is 37.0. The van der Waals surface area contributed by atoms with Gasteiger partial charge in [-0.3, -0.25) is 19.3 Å². The van der Waals surface area contributed by atoms with E-state index in [4.69, 9.17) is 0 Å². The topological polar surface area (TPSA) is 102 Å². The molecule has 2 aromatic rings. The SMILES string of the molecule is Cc1cc(C(F)(F)F)n(C[C@H](C)CNC(=O)c2cn(C)c(=O)[nH]c2=O)n1. The van der Waals surface area contributed by atoms with E-state index in [-0.39, 0.29) is 30.3 Å². The van der Waals surface area contributed by atoms with E-state index in [0.29, 0.717) is 0 Å². The normalized spacial score (nSPS) is 12.8. The first-order valence-corrected chi connectivity index (χ1v) is 7.69. The lowest BCUT2D eigenvalue weighted by Gasteiger charge is -2.16. The molecule has 1 amide bonds. The lowest BCUT2D eigenvalue weighted by atomic mass is 10.1. The second-order valence-electron chi connectivity index (χ2n) is 6.08. The van der Waals surface area contributed by atoms with Crippen LogP contribution in [0.5, 0.6) is 0 Å². The number of carbonyl (C=O) groups excluding carboxylic acids is 1. The molecule has 0 aliphatic rings. The van der Waals surface area contributed by atoms with Crippen LogP contribution in [-0.2, 0) is 19.8 Å². The van der Waals surface area contributed by atoms with Crippen LogP contribution in [-0.4, -0.2) is 31.8 Å². The van der Waals surface area contributed by atoms with Gasteiger partial charge in [0, 0.05) is 26.3 Å². The average Bonchev–Trinajstić information content (AvgIpc) is 2.89. The van der Waals surface area contributed by atoms with Gasteiger partial charge in [0.15, 0.2) is 0 Å². The van der Waals surface area contributed by atoms with E-state index in [0.717, 1.165) is 21.5 Å². The number of aryl methyl sites for hydroxylation is 2. The largest absolute Gasteiger partial charge is 0.433 e. The minimum atomic E-state index is -4.52. The molecule has 11 heteroatoms. The van der Waals surface area contributed by atoms with Crippen molar-refractivity contribution in [1.82, 2.24) is 24.6 Å². The number of aromatic nitrogens is 4. The zero-order valence-corrected chi connectivity index (χ0v) is 14.3. The number of carbonyl (C=O) groups is 1. The fraction of sp³-hybridized carbons (Fsp3) is 0.467. The second-order valence-corrected chi connectivity index (χ2v) is 6.08. The predicted molar refractivity (Wildman–Crippen MR) is 85.8 cm³/mol. The Hall–Kier alpha value is -2.85. The zero-order chi connectivity index (χ0) is 19.6. The Labute approximate surface area is 145 Å². The number of hydrogen-bond donors (Lipinski definition) is 2. The molecule has 26 heavy (non-hydrogen) atoms. The van der Waals surface area contributed by atoms with Gasteiger partial charge in [-0.15, -0.1) is 0 Å². The molecule has 0 fully saturated rings. The number of H-pyrrole nitrogens is 1. The maximum Gasteiger partial charge on any atom is 0.433 e. The van der Waals surface area contributed by atoms with Gasteiger partial charge in [-0.05, 0) is 18.9 Å². The first kappa shape index (κ1) is 19.5. The van der Waals surface area contributed by atoms with Gasteiger partial charge in [0.25, 0.3) is 11.5 Å². The molecule has 0 bridgehead atoms. The average molecular weight is 373 g/mol. The van der Waals surface area contributed by atoms with Crippen molar-refractivity contribution < 1.29 is 18.0 Å². The van der Waals surface area contributed by atoms with E-state index in [2.05, 4.69) is 10.4 Å². The summed E-state index contributed by atoms with van der Waals surface area (Å²) in [6.07, 6.45) is -3.42. The summed E-state index contributed by atoms with van der Waals surface area (Å²) in [5.41, 5.74) is -2.37. The Bertz CT molecular complexity index is 926. The summed E-state index contributed by atoms with van der Waals surface area (Å²) in [6.45, 7) is 3.07. The highest BCUT2D eigenvalue weighted by Gasteiger charge is 2.35. The van der Waals surface area contributed by atoms with Crippen molar-refractivity contribution in [2.45, 2.75) is 26.6 Å². The molecule has 0 aliphatic heterocycles. The van der Waals surface area contributed by atoms with Crippen LogP contribution in [0.2, 0.25) is 0 Å². The van der Waals surface area contributed by atoms with E-state index in [1.165, 1.54) is 14.0 Å². The molecule has 0 saturated heterocycles. The van der Waals surface area contributed by atoms with Gasteiger partial charge in [0.2, 0.25) is 0 Å². The van der Waals surface area contributed by atoms with Crippen molar-refractivity contribution in [2.24, 2.45) is 13.0 Å². The third-order valence-electron chi connectivity index (χ3n) is 3.64. The van der Waals surface area contributed by atoms with Crippen molar-refractivity contribution in [3.63, 3.8) is 0 Å². The first-order chi connectivity index (χ1) is 12.0. The minimum absolute atomic E-state index is 0.0251. The molecule has 8 nitrogen and oxygen atoms in total. The summed E-state index contributed by atoms with van der Waals surface area (Å²) >= 11 is 0. The maximum absolute atomic E-state index is 13.0. The Morgan fingerprint density at radius 3 is 2.65 bits per heavy atom. The molecule has 0 saturated carbocycles. The molecule has 0 aromatic carbocycles. The fourth-order valence-electron chi connectivity index (χ4n) is 2.36. The summed E-state index contributed by atoms with van der Waals surface area (Å²) in [5.74, 6) is -1.10. The highest BCUT2D eigenvalue weighted by atomic mass is 19.4. The molecule has 0 spiro atoms. The standard InChI is InChI=1S/C15H18F3N5O3/c1-8(6-23-11(15(16,17)18)4-9(2)21-23)5-19-12(24)10-7-22(3)14(26)20-13(10)25/h4,7-8H,5-6H2,1-3H3,(H,19,24)(H,20,25,26)/t8-/m1/s1. The molecular formula is C15H18F3N5O3. The molecule has 0 aliphatic carbocycles. The van der Waals surface area contributed by atoms with Gasteiger partial charge in [-0.1, -0.05) is 6.92 Å². The highest BCUT2D eigenvalue weighted by molar-refractivity contribution is 5.93. The van der Waals surface area contributed by atoms with Crippen molar-refractivity contribution >= 4 is 5.91 Å². The number of aromatic amines is 1. The Kier molecular flexibility index (Phi) is 5.38. The van der Waals surface area contributed by atoms with Crippen LogP contribution >= 0.6 is 0 Å². The van der Waals surface area contributed by atoms with Crippen LogP contribution in [0, 0.1) is 12.8 Å². The number of nitrogens with one attached hydrogen (secondary N) is 2. The smallest absolute Gasteiger partial charge is 0.351 e. The van der Waals surface area contributed by atoms with Crippen LogP contribution in [0.1, 0.15) is 28.7 Å². The van der Waals surface area contributed by atoms with Gasteiger partial charge in [-0.2, -0.15) is 18.3 Å². The monoisotopic (exact) mass is 373 g/mol. The minimum Gasteiger partial charge on any atom is -0.351 e. The number of hydrogen-bond acceptors (Lipinski definition) is 4. The lowest BCUT2D eigenvalue weighted by Crippen LogP contribution is -2.38. The van der Waals surface area contributed by atoms with Gasteiger partial charge >= 0.3 is 11.9 Å². The van der Waals surface area contributed by atoms with Crippen molar-refractivity contribution in [2.75, 3.05) is 6.54 Å². The summed E-state index contributed by atoms with van der Waals surface area (Å²) in [7, 11) is 1.37. The van der Waals surface area contributed by atoms with Crippen molar-refractivity contribution in [3.8, 4) is 0 Å². The van der Waals surface area contributed by atoms with E-state index in [9.17, 15) is 27.6 Å². The summed E-state index contributed by atoms with van der Waals surface area (Å²) in [6, 6.07) is 0.954. The van der Waals surface area contributed by atoms with E-state index in [1.807, 2.05) is 4.98 Å². The highest BCUT2D eigenvalue weighted by Crippen LogP contribution is 2.30. The zero-order valence-electron chi connectivity index (χ0n) is 14.3. The lowest BCUT2D eigenvalue weighted by molar-refractivity contribution is -0.144. The molecule has 0 unspecified atom stereocenters. The van der Waals surface area contributed by atoms with Crippen molar-refractivity contribution in [1.29, 1.82) is 0 Å². The molecule has 2 aromatic heterocycles. The van der Waals surface area contributed by atoms with Crippen molar-refractivity contribution in [3.05, 3.63) is 50.1 Å². The van der Waals surface area contributed by atoms with E-state index in [1.54, 1.807) is 6.92 Å². The predicted octanol–water partition coefficient (Wildman–Crippen LogP) is 0.663. The van der Waals surface area contributed by atoms with Crippen LogP contribution < -0.4 is 16.6 Å². The van der Waals surface area contributed by atoms with Crippen LogP contribution in [0.25, 0.3) is 0 Å². The molecular weight excluding hydrogens is 355 g/mol. The van der Waals surface area contributed by atoms with Gasteiger partial charge < -0.3 is 9.88 Å².